The van der Waals surface area contributed by atoms with Gasteiger partial charge < -0.3 is 9.15 Å². The van der Waals surface area contributed by atoms with Crippen molar-refractivity contribution in [2.24, 2.45) is 0 Å². The Balaban J connectivity index is 1.44. The fraction of sp³-hybridized carbons (Fsp3) is 0.160. The highest BCUT2D eigenvalue weighted by Crippen LogP contribution is 2.33. The number of hydrogen-bond donors (Lipinski definition) is 0. The zero-order valence-electron chi connectivity index (χ0n) is 17.6. The number of imide groups is 1. The van der Waals surface area contributed by atoms with Crippen LogP contribution in [0.2, 0.25) is 0 Å². The molecule has 6 nitrogen and oxygen atoms in total. The van der Waals surface area contributed by atoms with E-state index >= 15 is 0 Å². The minimum absolute atomic E-state index is 0.161. The van der Waals surface area contributed by atoms with Gasteiger partial charge in [-0.1, -0.05) is 24.3 Å². The fourth-order valence-corrected chi connectivity index (χ4v) is 4.15. The average Bonchev–Trinajstić information content (AvgIpc) is 3.36. The van der Waals surface area contributed by atoms with Crippen LogP contribution in [0.1, 0.15) is 22.5 Å². The summed E-state index contributed by atoms with van der Waals surface area (Å²) in [4.78, 5) is 26.6. The van der Waals surface area contributed by atoms with Gasteiger partial charge in [-0.3, -0.25) is 14.5 Å². The van der Waals surface area contributed by atoms with Crippen molar-refractivity contribution in [2.45, 2.75) is 13.8 Å². The van der Waals surface area contributed by atoms with Gasteiger partial charge in [0.05, 0.1) is 23.1 Å². The van der Waals surface area contributed by atoms with Gasteiger partial charge >= 0.3 is 0 Å². The lowest BCUT2D eigenvalue weighted by Gasteiger charge is -2.14. The van der Waals surface area contributed by atoms with Crippen LogP contribution in [0.3, 0.4) is 0 Å². The second-order valence-corrected chi connectivity index (χ2v) is 8.30. The quantitative estimate of drug-likeness (QED) is 0.464. The summed E-state index contributed by atoms with van der Waals surface area (Å²) in [6.45, 7) is 4.30. The summed E-state index contributed by atoms with van der Waals surface area (Å²) in [7, 11) is 0. The van der Waals surface area contributed by atoms with Gasteiger partial charge in [-0.2, -0.15) is 5.26 Å². The van der Waals surface area contributed by atoms with Gasteiger partial charge in [0.15, 0.2) is 0 Å². The van der Waals surface area contributed by atoms with E-state index in [1.165, 1.54) is 4.90 Å². The lowest BCUT2D eigenvalue weighted by molar-refractivity contribution is -0.123. The molecule has 0 aliphatic carbocycles. The fourth-order valence-electron chi connectivity index (χ4n) is 3.30. The first-order valence-electron chi connectivity index (χ1n) is 10.0. The topological polar surface area (TPSA) is 83.5 Å². The van der Waals surface area contributed by atoms with E-state index in [0.29, 0.717) is 22.6 Å². The molecule has 2 amide bonds. The summed E-state index contributed by atoms with van der Waals surface area (Å²) in [6, 6.07) is 18.6. The van der Waals surface area contributed by atoms with Crippen LogP contribution in [-0.2, 0) is 4.79 Å². The number of carbonyl (C=O) groups excluding carboxylic acids is 2. The maximum Gasteiger partial charge on any atom is 0.293 e. The minimum Gasteiger partial charge on any atom is -0.491 e. The largest absolute Gasteiger partial charge is 0.491 e. The second-order valence-electron chi connectivity index (χ2n) is 7.31. The number of benzene rings is 2. The molecular formula is C25H20N2O4S. The maximum absolute atomic E-state index is 12.7. The Labute approximate surface area is 190 Å². The third-order valence-corrected chi connectivity index (χ3v) is 5.91. The number of furan rings is 1. The molecule has 1 aliphatic heterocycles. The van der Waals surface area contributed by atoms with Crippen LogP contribution in [0.5, 0.6) is 5.75 Å². The van der Waals surface area contributed by atoms with Crippen molar-refractivity contribution < 1.29 is 18.7 Å². The maximum atomic E-state index is 12.7. The first kappa shape index (κ1) is 21.5. The van der Waals surface area contributed by atoms with E-state index in [4.69, 9.17) is 9.15 Å². The molecule has 2 aromatic carbocycles. The van der Waals surface area contributed by atoms with Crippen LogP contribution in [-0.4, -0.2) is 29.2 Å². The molecule has 0 atom stereocenters. The molecule has 1 aromatic heterocycles. The van der Waals surface area contributed by atoms with Gasteiger partial charge in [0.2, 0.25) is 0 Å². The Hall–Kier alpha value is -3.76. The summed E-state index contributed by atoms with van der Waals surface area (Å²) in [5, 5.41) is 8.94. The highest BCUT2D eigenvalue weighted by molar-refractivity contribution is 8.18. The Morgan fingerprint density at radius 1 is 1.12 bits per heavy atom. The Bertz CT molecular complexity index is 1270. The molecule has 1 aliphatic rings. The predicted molar refractivity (Wildman–Crippen MR) is 123 cm³/mol. The number of nitrogens with zero attached hydrogens (tertiary/aromatic N) is 2. The van der Waals surface area contributed by atoms with Crippen LogP contribution in [0.25, 0.3) is 17.4 Å². The Morgan fingerprint density at radius 2 is 1.94 bits per heavy atom. The highest BCUT2D eigenvalue weighted by Gasteiger charge is 2.35. The van der Waals surface area contributed by atoms with Crippen LogP contribution in [0, 0.1) is 25.2 Å². The lowest BCUT2D eigenvalue weighted by Crippen LogP contribution is -2.32. The number of aryl methyl sites for hydroxylation is 2. The summed E-state index contributed by atoms with van der Waals surface area (Å²) in [6.07, 6.45) is 1.55. The summed E-state index contributed by atoms with van der Waals surface area (Å²) in [5.41, 5.74) is 3.25. The molecule has 3 aromatic rings. The molecule has 0 N–H and O–H groups in total. The third kappa shape index (κ3) is 4.46. The molecule has 0 bridgehead atoms. The van der Waals surface area contributed by atoms with Gasteiger partial charge in [0.1, 0.15) is 23.9 Å². The Morgan fingerprint density at radius 3 is 2.75 bits per heavy atom. The number of thioether (sulfide) groups is 1. The first-order chi connectivity index (χ1) is 15.5. The van der Waals surface area contributed by atoms with E-state index in [0.717, 1.165) is 28.6 Å². The number of hydrogen-bond acceptors (Lipinski definition) is 6. The number of rotatable bonds is 6. The van der Waals surface area contributed by atoms with Crippen LogP contribution >= 0.6 is 11.8 Å². The van der Waals surface area contributed by atoms with Gasteiger partial charge in [0, 0.05) is 11.6 Å². The van der Waals surface area contributed by atoms with Crippen molar-refractivity contribution in [3.05, 3.63) is 82.0 Å². The number of ether oxygens (including phenoxy) is 1. The van der Waals surface area contributed by atoms with E-state index in [9.17, 15) is 14.9 Å². The Kier molecular flexibility index (Phi) is 6.15. The van der Waals surface area contributed by atoms with E-state index in [-0.39, 0.29) is 29.2 Å². The van der Waals surface area contributed by atoms with Crippen molar-refractivity contribution in [3.63, 3.8) is 0 Å². The normalized spacial score (nSPS) is 14.8. The number of amides is 2. The van der Waals surface area contributed by atoms with Crippen LogP contribution < -0.4 is 4.74 Å². The van der Waals surface area contributed by atoms with E-state index in [2.05, 4.69) is 6.07 Å². The van der Waals surface area contributed by atoms with Gasteiger partial charge in [0.25, 0.3) is 11.1 Å². The molecule has 0 spiro atoms. The summed E-state index contributed by atoms with van der Waals surface area (Å²) < 4.78 is 11.6. The summed E-state index contributed by atoms with van der Waals surface area (Å²) in [5.74, 6) is 1.33. The van der Waals surface area contributed by atoms with Gasteiger partial charge in [-0.25, -0.2) is 0 Å². The zero-order valence-corrected chi connectivity index (χ0v) is 18.4. The van der Waals surface area contributed by atoms with Crippen molar-refractivity contribution in [3.8, 4) is 23.1 Å². The molecule has 0 radical (unpaired) electrons. The molecule has 160 valence electrons. The van der Waals surface area contributed by atoms with E-state index in [1.54, 1.807) is 36.4 Å². The van der Waals surface area contributed by atoms with Crippen molar-refractivity contribution >= 4 is 29.0 Å². The molecule has 2 heterocycles. The molecule has 1 fully saturated rings. The number of carbonyl (C=O) groups is 2. The average molecular weight is 445 g/mol. The lowest BCUT2D eigenvalue weighted by atomic mass is 10.1. The monoisotopic (exact) mass is 444 g/mol. The van der Waals surface area contributed by atoms with Crippen LogP contribution in [0.4, 0.5) is 4.79 Å². The second kappa shape index (κ2) is 9.16. The molecule has 0 saturated carbocycles. The first-order valence-corrected chi connectivity index (χ1v) is 10.8. The zero-order chi connectivity index (χ0) is 22.7. The van der Waals surface area contributed by atoms with Crippen molar-refractivity contribution in [2.75, 3.05) is 13.2 Å². The smallest absolute Gasteiger partial charge is 0.293 e. The molecule has 7 heteroatoms. The summed E-state index contributed by atoms with van der Waals surface area (Å²) >= 11 is 0.872. The van der Waals surface area contributed by atoms with Crippen molar-refractivity contribution in [1.82, 2.24) is 4.90 Å². The highest BCUT2D eigenvalue weighted by atomic mass is 32.2. The van der Waals surface area contributed by atoms with Crippen LogP contribution in [0.15, 0.2) is 63.9 Å². The SMILES string of the molecule is Cc1ccc(C)c(OCCN2C(=O)S/C(=C\c3ccc(-c4ccccc4C#N)o3)C2=O)c1. The number of nitriles is 1. The predicted octanol–water partition coefficient (Wildman–Crippen LogP) is 5.55. The van der Waals surface area contributed by atoms with Crippen molar-refractivity contribution in [1.29, 1.82) is 5.26 Å². The molecule has 1 saturated heterocycles. The van der Waals surface area contributed by atoms with Gasteiger partial charge in [-0.15, -0.1) is 0 Å². The van der Waals surface area contributed by atoms with Gasteiger partial charge in [-0.05, 0) is 67.1 Å². The standard InChI is InChI=1S/C25H20N2O4S/c1-16-7-8-17(2)22(13-16)30-12-11-27-24(28)23(32-25(27)29)14-19-9-10-21(31-19)20-6-4-3-5-18(20)15-26/h3-10,13-14H,11-12H2,1-2H3/b23-14-. The molecule has 32 heavy (non-hydrogen) atoms. The molecule has 0 unspecified atom stereocenters. The van der Waals surface area contributed by atoms with E-state index < -0.39 is 0 Å². The minimum atomic E-state index is -0.375. The third-order valence-electron chi connectivity index (χ3n) is 5.00. The molecule has 4 rings (SSSR count). The van der Waals surface area contributed by atoms with E-state index in [1.807, 2.05) is 38.1 Å². The molecular weight excluding hydrogens is 424 g/mol.